The van der Waals surface area contributed by atoms with E-state index < -0.39 is 5.91 Å². The lowest BCUT2D eigenvalue weighted by Gasteiger charge is -2.09. The summed E-state index contributed by atoms with van der Waals surface area (Å²) in [6, 6.07) is 18.7. The standard InChI is InChI=1S/C19H15BrN2O3/c20-16-8-9-17(25-13-14-5-2-1-3-6-14)15(11-16)12-21-22-19(23)18-7-4-10-24-18/h1-12H,13H2,(H,22,23). The van der Waals surface area contributed by atoms with E-state index in [1.807, 2.05) is 48.5 Å². The molecular weight excluding hydrogens is 384 g/mol. The van der Waals surface area contributed by atoms with Gasteiger partial charge < -0.3 is 9.15 Å². The van der Waals surface area contributed by atoms with Crippen LogP contribution >= 0.6 is 15.9 Å². The number of nitrogens with zero attached hydrogens (tertiary/aromatic N) is 1. The summed E-state index contributed by atoms with van der Waals surface area (Å²) in [5.41, 5.74) is 4.23. The summed E-state index contributed by atoms with van der Waals surface area (Å²) < 4.78 is 11.8. The first-order valence-corrected chi connectivity index (χ1v) is 8.35. The molecule has 0 aliphatic heterocycles. The highest BCUT2D eigenvalue weighted by molar-refractivity contribution is 9.10. The maximum atomic E-state index is 11.8. The number of rotatable bonds is 6. The molecule has 5 nitrogen and oxygen atoms in total. The lowest BCUT2D eigenvalue weighted by molar-refractivity contribution is 0.0927. The molecule has 1 heterocycles. The van der Waals surface area contributed by atoms with Gasteiger partial charge in [0.25, 0.3) is 0 Å². The van der Waals surface area contributed by atoms with E-state index in [1.54, 1.807) is 12.1 Å². The minimum absolute atomic E-state index is 0.201. The van der Waals surface area contributed by atoms with Gasteiger partial charge in [-0.2, -0.15) is 5.10 Å². The second-order valence-electron chi connectivity index (χ2n) is 5.13. The van der Waals surface area contributed by atoms with Crippen LogP contribution in [-0.2, 0) is 6.61 Å². The number of nitrogens with one attached hydrogen (secondary N) is 1. The molecule has 6 heteroatoms. The van der Waals surface area contributed by atoms with Gasteiger partial charge in [0, 0.05) is 10.0 Å². The Morgan fingerprint density at radius 2 is 2.00 bits per heavy atom. The first-order chi connectivity index (χ1) is 12.2. The van der Waals surface area contributed by atoms with Gasteiger partial charge in [-0.25, -0.2) is 5.43 Å². The van der Waals surface area contributed by atoms with E-state index in [1.165, 1.54) is 12.5 Å². The van der Waals surface area contributed by atoms with Crippen LogP contribution in [0.4, 0.5) is 0 Å². The van der Waals surface area contributed by atoms with Crippen LogP contribution in [0.5, 0.6) is 5.75 Å². The Morgan fingerprint density at radius 1 is 1.16 bits per heavy atom. The van der Waals surface area contributed by atoms with Crippen LogP contribution in [0.2, 0.25) is 0 Å². The fourth-order valence-electron chi connectivity index (χ4n) is 2.11. The van der Waals surface area contributed by atoms with E-state index in [0.717, 1.165) is 15.6 Å². The van der Waals surface area contributed by atoms with Crippen LogP contribution in [0.1, 0.15) is 21.7 Å². The summed E-state index contributed by atoms with van der Waals surface area (Å²) >= 11 is 3.43. The van der Waals surface area contributed by atoms with Crippen LogP contribution in [0.25, 0.3) is 0 Å². The molecule has 1 aromatic heterocycles. The largest absolute Gasteiger partial charge is 0.488 e. The van der Waals surface area contributed by atoms with Crippen molar-refractivity contribution in [3.8, 4) is 5.75 Å². The van der Waals surface area contributed by atoms with Crippen molar-refractivity contribution < 1.29 is 13.9 Å². The number of hydrogen-bond acceptors (Lipinski definition) is 4. The average molecular weight is 399 g/mol. The van der Waals surface area contributed by atoms with Crippen molar-refractivity contribution >= 4 is 28.1 Å². The number of hydrogen-bond donors (Lipinski definition) is 1. The summed E-state index contributed by atoms with van der Waals surface area (Å²) in [5.74, 6) is 0.456. The van der Waals surface area contributed by atoms with Gasteiger partial charge in [0.05, 0.1) is 12.5 Å². The number of benzene rings is 2. The highest BCUT2D eigenvalue weighted by atomic mass is 79.9. The lowest BCUT2D eigenvalue weighted by Crippen LogP contribution is -2.16. The molecule has 0 saturated heterocycles. The van der Waals surface area contributed by atoms with Gasteiger partial charge in [0.2, 0.25) is 0 Å². The molecule has 0 bridgehead atoms. The molecule has 25 heavy (non-hydrogen) atoms. The Morgan fingerprint density at radius 3 is 2.76 bits per heavy atom. The molecule has 0 aliphatic rings. The quantitative estimate of drug-likeness (QED) is 0.494. The molecule has 2 aromatic carbocycles. The van der Waals surface area contributed by atoms with Gasteiger partial charge in [-0.15, -0.1) is 0 Å². The van der Waals surface area contributed by atoms with Crippen molar-refractivity contribution in [2.24, 2.45) is 5.10 Å². The molecule has 0 atom stereocenters. The predicted molar refractivity (Wildman–Crippen MR) is 98.7 cm³/mol. The van der Waals surface area contributed by atoms with Crippen LogP contribution in [0.15, 0.2) is 80.9 Å². The van der Waals surface area contributed by atoms with Crippen LogP contribution in [0.3, 0.4) is 0 Å². The molecule has 126 valence electrons. The zero-order chi connectivity index (χ0) is 17.5. The molecule has 0 radical (unpaired) electrons. The highest BCUT2D eigenvalue weighted by Gasteiger charge is 2.07. The lowest BCUT2D eigenvalue weighted by atomic mass is 10.2. The van der Waals surface area contributed by atoms with Gasteiger partial charge in [-0.1, -0.05) is 46.3 Å². The third-order valence-electron chi connectivity index (χ3n) is 3.32. The van der Waals surface area contributed by atoms with Crippen LogP contribution in [-0.4, -0.2) is 12.1 Å². The fraction of sp³-hybridized carbons (Fsp3) is 0.0526. The van der Waals surface area contributed by atoms with Crippen molar-refractivity contribution in [3.63, 3.8) is 0 Å². The summed E-state index contributed by atoms with van der Waals surface area (Å²) in [5, 5.41) is 3.97. The molecule has 0 spiro atoms. The highest BCUT2D eigenvalue weighted by Crippen LogP contribution is 2.22. The van der Waals surface area contributed by atoms with Crippen LogP contribution in [0, 0.1) is 0 Å². The van der Waals surface area contributed by atoms with E-state index in [4.69, 9.17) is 9.15 Å². The zero-order valence-corrected chi connectivity index (χ0v) is 14.8. The van der Waals surface area contributed by atoms with Gasteiger partial charge >= 0.3 is 5.91 Å². The zero-order valence-electron chi connectivity index (χ0n) is 13.2. The van der Waals surface area contributed by atoms with Gasteiger partial charge in [-0.3, -0.25) is 4.79 Å². The minimum atomic E-state index is -0.414. The maximum Gasteiger partial charge on any atom is 0.307 e. The maximum absolute atomic E-state index is 11.8. The Balaban J connectivity index is 1.68. The van der Waals surface area contributed by atoms with E-state index in [-0.39, 0.29) is 5.76 Å². The first-order valence-electron chi connectivity index (χ1n) is 7.55. The fourth-order valence-corrected chi connectivity index (χ4v) is 2.49. The van der Waals surface area contributed by atoms with E-state index in [9.17, 15) is 4.79 Å². The molecule has 3 rings (SSSR count). The molecule has 3 aromatic rings. The SMILES string of the molecule is O=C(NN=Cc1cc(Br)ccc1OCc1ccccc1)c1ccco1. The topological polar surface area (TPSA) is 63.8 Å². The molecule has 0 unspecified atom stereocenters. The second kappa shape index (κ2) is 8.30. The van der Waals surface area contributed by atoms with Gasteiger partial charge in [0.15, 0.2) is 5.76 Å². The molecule has 0 fully saturated rings. The van der Waals surface area contributed by atoms with Crippen molar-refractivity contribution in [2.45, 2.75) is 6.61 Å². The van der Waals surface area contributed by atoms with Crippen LogP contribution < -0.4 is 10.2 Å². The monoisotopic (exact) mass is 398 g/mol. The van der Waals surface area contributed by atoms with Crippen molar-refractivity contribution in [1.82, 2.24) is 5.43 Å². The third kappa shape index (κ3) is 4.81. The summed E-state index contributed by atoms with van der Waals surface area (Å²) in [6.07, 6.45) is 2.97. The Kier molecular flexibility index (Phi) is 5.64. The van der Waals surface area contributed by atoms with Crippen molar-refractivity contribution in [2.75, 3.05) is 0 Å². The number of furan rings is 1. The Bertz CT molecular complexity index is 862. The van der Waals surface area contributed by atoms with Gasteiger partial charge in [0.1, 0.15) is 12.4 Å². The molecule has 0 aliphatic carbocycles. The predicted octanol–water partition coefficient (Wildman–Crippen LogP) is 4.39. The molecule has 1 amide bonds. The second-order valence-corrected chi connectivity index (χ2v) is 6.05. The number of carbonyl (C=O) groups is 1. The normalized spacial score (nSPS) is 10.8. The summed E-state index contributed by atoms with van der Waals surface area (Å²) in [7, 11) is 0. The number of amides is 1. The van der Waals surface area contributed by atoms with Crippen molar-refractivity contribution in [1.29, 1.82) is 0 Å². The number of ether oxygens (including phenoxy) is 1. The van der Waals surface area contributed by atoms with Crippen molar-refractivity contribution in [3.05, 3.63) is 88.3 Å². The van der Waals surface area contributed by atoms with E-state index in [2.05, 4.69) is 26.5 Å². The molecule has 0 saturated carbocycles. The number of carbonyl (C=O) groups excluding carboxylic acids is 1. The number of halogens is 1. The molecule has 1 N–H and O–H groups in total. The Hall–Kier alpha value is -2.86. The summed E-state index contributed by atoms with van der Waals surface area (Å²) in [4.78, 5) is 11.8. The van der Waals surface area contributed by atoms with E-state index in [0.29, 0.717) is 12.4 Å². The smallest absolute Gasteiger partial charge is 0.307 e. The average Bonchev–Trinajstić information content (AvgIpc) is 3.16. The summed E-state index contributed by atoms with van der Waals surface area (Å²) in [6.45, 7) is 0.446. The molecular formula is C19H15BrN2O3. The van der Waals surface area contributed by atoms with Gasteiger partial charge in [-0.05, 0) is 35.9 Å². The van der Waals surface area contributed by atoms with E-state index >= 15 is 0 Å². The first kappa shape index (κ1) is 17.0. The minimum Gasteiger partial charge on any atom is -0.488 e. The number of hydrazone groups is 1. The Labute approximate surface area is 153 Å². The third-order valence-corrected chi connectivity index (χ3v) is 3.82.